The van der Waals surface area contributed by atoms with E-state index in [1.54, 1.807) is 54.6 Å². The lowest BCUT2D eigenvalue weighted by molar-refractivity contribution is -0.135. The molecule has 0 N–H and O–H groups in total. The lowest BCUT2D eigenvalue weighted by atomic mass is 10.2. The van der Waals surface area contributed by atoms with E-state index in [-0.39, 0.29) is 37.0 Å². The summed E-state index contributed by atoms with van der Waals surface area (Å²) in [5.74, 6) is 0.103. The Balaban J connectivity index is 1.46. The van der Waals surface area contributed by atoms with E-state index in [9.17, 15) is 18.0 Å². The van der Waals surface area contributed by atoms with Crippen LogP contribution in [0.4, 0.5) is 0 Å². The summed E-state index contributed by atoms with van der Waals surface area (Å²) in [5.41, 5.74) is 0.327. The molecular formula is C23H28N2O6S. The maximum absolute atomic E-state index is 12.7. The average Bonchev–Trinajstić information content (AvgIpc) is 2.82. The fourth-order valence-electron chi connectivity index (χ4n) is 3.17. The highest BCUT2D eigenvalue weighted by Gasteiger charge is 2.30. The summed E-state index contributed by atoms with van der Waals surface area (Å²) in [6, 6.07) is 14.8. The first kappa shape index (κ1) is 23.7. The highest BCUT2D eigenvalue weighted by molar-refractivity contribution is 7.89. The number of hydrogen-bond acceptors (Lipinski definition) is 6. The summed E-state index contributed by atoms with van der Waals surface area (Å²) in [7, 11) is -3.59. The van der Waals surface area contributed by atoms with Gasteiger partial charge in [-0.3, -0.25) is 4.79 Å². The molecule has 3 rings (SSSR count). The molecule has 1 amide bonds. The van der Waals surface area contributed by atoms with Crippen LogP contribution in [0.2, 0.25) is 0 Å². The number of piperazine rings is 1. The first-order valence-electron chi connectivity index (χ1n) is 10.5. The Morgan fingerprint density at radius 3 is 2.16 bits per heavy atom. The monoisotopic (exact) mass is 460 g/mol. The predicted octanol–water partition coefficient (Wildman–Crippen LogP) is 2.41. The maximum Gasteiger partial charge on any atom is 0.338 e. The zero-order valence-corrected chi connectivity index (χ0v) is 19.1. The average molecular weight is 461 g/mol. The SMILES string of the molecule is CC(C)COc1ccc(C(=O)OCC(=O)N2CCN(S(=O)(=O)c3ccccc3)CC2)cc1. The van der Waals surface area contributed by atoms with Gasteiger partial charge < -0.3 is 14.4 Å². The van der Waals surface area contributed by atoms with Gasteiger partial charge >= 0.3 is 5.97 Å². The summed E-state index contributed by atoms with van der Waals surface area (Å²) in [6.07, 6.45) is 0. The molecule has 0 saturated carbocycles. The summed E-state index contributed by atoms with van der Waals surface area (Å²) in [5, 5.41) is 0. The molecule has 32 heavy (non-hydrogen) atoms. The molecule has 1 saturated heterocycles. The first-order chi connectivity index (χ1) is 15.3. The molecule has 0 atom stereocenters. The lowest BCUT2D eigenvalue weighted by Crippen LogP contribution is -2.51. The van der Waals surface area contributed by atoms with Crippen molar-refractivity contribution in [3.05, 3.63) is 60.2 Å². The van der Waals surface area contributed by atoms with Gasteiger partial charge in [0.2, 0.25) is 10.0 Å². The normalized spacial score (nSPS) is 14.9. The number of benzene rings is 2. The van der Waals surface area contributed by atoms with Gasteiger partial charge in [0.05, 0.1) is 17.1 Å². The summed E-state index contributed by atoms with van der Waals surface area (Å²) in [4.78, 5) is 26.4. The minimum Gasteiger partial charge on any atom is -0.493 e. The molecule has 0 unspecified atom stereocenters. The third-order valence-electron chi connectivity index (χ3n) is 4.97. The van der Waals surface area contributed by atoms with Gasteiger partial charge in [-0.25, -0.2) is 13.2 Å². The van der Waals surface area contributed by atoms with Crippen LogP contribution >= 0.6 is 0 Å². The number of esters is 1. The van der Waals surface area contributed by atoms with Crippen LogP contribution in [0.25, 0.3) is 0 Å². The smallest absolute Gasteiger partial charge is 0.338 e. The number of ether oxygens (including phenoxy) is 2. The Kier molecular flexibility index (Phi) is 7.87. The molecule has 0 spiro atoms. The number of nitrogens with zero attached hydrogens (tertiary/aromatic N) is 2. The highest BCUT2D eigenvalue weighted by Crippen LogP contribution is 2.18. The summed E-state index contributed by atoms with van der Waals surface area (Å²) < 4.78 is 37.4. The Morgan fingerprint density at radius 1 is 0.938 bits per heavy atom. The fraction of sp³-hybridized carbons (Fsp3) is 0.391. The highest BCUT2D eigenvalue weighted by atomic mass is 32.2. The minimum absolute atomic E-state index is 0.189. The van der Waals surface area contributed by atoms with Crippen molar-refractivity contribution in [2.24, 2.45) is 5.92 Å². The van der Waals surface area contributed by atoms with Crippen molar-refractivity contribution in [2.75, 3.05) is 39.4 Å². The molecule has 9 heteroatoms. The summed E-state index contributed by atoms with van der Waals surface area (Å²) >= 11 is 0. The predicted molar refractivity (Wildman–Crippen MR) is 119 cm³/mol. The fourth-order valence-corrected chi connectivity index (χ4v) is 4.61. The molecule has 1 heterocycles. The third kappa shape index (κ3) is 6.08. The number of carbonyl (C=O) groups is 2. The first-order valence-corrected chi connectivity index (χ1v) is 11.9. The molecule has 8 nitrogen and oxygen atoms in total. The van der Waals surface area contributed by atoms with Crippen LogP contribution < -0.4 is 4.74 Å². The Labute approximate surface area is 188 Å². The largest absolute Gasteiger partial charge is 0.493 e. The number of hydrogen-bond donors (Lipinski definition) is 0. The van der Waals surface area contributed by atoms with E-state index in [2.05, 4.69) is 0 Å². The lowest BCUT2D eigenvalue weighted by Gasteiger charge is -2.33. The van der Waals surface area contributed by atoms with Gasteiger partial charge in [0.15, 0.2) is 6.61 Å². The van der Waals surface area contributed by atoms with Gasteiger partial charge in [-0.05, 0) is 42.3 Å². The molecule has 1 aliphatic heterocycles. The van der Waals surface area contributed by atoms with Crippen molar-refractivity contribution in [1.82, 2.24) is 9.21 Å². The molecule has 0 aromatic heterocycles. The van der Waals surface area contributed by atoms with E-state index in [0.29, 0.717) is 23.8 Å². The second-order valence-corrected chi connectivity index (χ2v) is 9.84. The van der Waals surface area contributed by atoms with E-state index in [0.717, 1.165) is 0 Å². The number of carbonyl (C=O) groups excluding carboxylic acids is 2. The van der Waals surface area contributed by atoms with Crippen molar-refractivity contribution in [3.63, 3.8) is 0 Å². The molecule has 2 aromatic carbocycles. The Hall–Kier alpha value is -2.91. The van der Waals surface area contributed by atoms with Gasteiger partial charge in [0.25, 0.3) is 5.91 Å². The molecule has 2 aromatic rings. The van der Waals surface area contributed by atoms with Crippen LogP contribution in [0.5, 0.6) is 5.75 Å². The number of sulfonamides is 1. The van der Waals surface area contributed by atoms with E-state index in [1.807, 2.05) is 13.8 Å². The van der Waals surface area contributed by atoms with Gasteiger partial charge in [-0.1, -0.05) is 32.0 Å². The zero-order chi connectivity index (χ0) is 23.1. The summed E-state index contributed by atoms with van der Waals surface area (Å²) in [6.45, 7) is 5.14. The quantitative estimate of drug-likeness (QED) is 0.562. The minimum atomic E-state index is -3.59. The van der Waals surface area contributed by atoms with Crippen LogP contribution in [-0.2, 0) is 19.6 Å². The molecule has 0 bridgehead atoms. The Morgan fingerprint density at radius 2 is 1.56 bits per heavy atom. The van der Waals surface area contributed by atoms with Crippen molar-refractivity contribution >= 4 is 21.9 Å². The van der Waals surface area contributed by atoms with E-state index in [4.69, 9.17) is 9.47 Å². The maximum atomic E-state index is 12.7. The van der Waals surface area contributed by atoms with Gasteiger partial charge in [0.1, 0.15) is 5.75 Å². The van der Waals surface area contributed by atoms with Crippen LogP contribution in [0.1, 0.15) is 24.2 Å². The molecule has 172 valence electrons. The van der Waals surface area contributed by atoms with Crippen molar-refractivity contribution < 1.29 is 27.5 Å². The van der Waals surface area contributed by atoms with Crippen LogP contribution in [0.15, 0.2) is 59.5 Å². The van der Waals surface area contributed by atoms with Gasteiger partial charge in [-0.2, -0.15) is 4.31 Å². The molecule has 1 aliphatic rings. The van der Waals surface area contributed by atoms with Crippen LogP contribution in [-0.4, -0.2) is 68.9 Å². The second kappa shape index (κ2) is 10.6. The Bertz CT molecular complexity index is 1010. The van der Waals surface area contributed by atoms with Crippen molar-refractivity contribution in [1.29, 1.82) is 0 Å². The zero-order valence-electron chi connectivity index (χ0n) is 18.3. The topological polar surface area (TPSA) is 93.2 Å². The van der Waals surface area contributed by atoms with Crippen molar-refractivity contribution in [2.45, 2.75) is 18.7 Å². The molecule has 1 fully saturated rings. The third-order valence-corrected chi connectivity index (χ3v) is 6.89. The number of amides is 1. The van der Waals surface area contributed by atoms with Gasteiger partial charge in [0, 0.05) is 26.2 Å². The van der Waals surface area contributed by atoms with Crippen LogP contribution in [0, 0.1) is 5.92 Å². The molecular weight excluding hydrogens is 432 g/mol. The van der Waals surface area contributed by atoms with E-state index >= 15 is 0 Å². The number of rotatable bonds is 8. The van der Waals surface area contributed by atoms with Crippen LogP contribution in [0.3, 0.4) is 0 Å². The molecule has 0 radical (unpaired) electrons. The van der Waals surface area contributed by atoms with E-state index in [1.165, 1.54) is 9.21 Å². The van der Waals surface area contributed by atoms with Gasteiger partial charge in [-0.15, -0.1) is 0 Å². The van der Waals surface area contributed by atoms with E-state index < -0.39 is 22.6 Å². The second-order valence-electron chi connectivity index (χ2n) is 7.90. The van der Waals surface area contributed by atoms with Crippen molar-refractivity contribution in [3.8, 4) is 5.75 Å². The standard InChI is InChI=1S/C23H28N2O6S/c1-18(2)16-30-20-10-8-19(9-11-20)23(27)31-17-22(26)24-12-14-25(15-13-24)32(28,29)21-6-4-3-5-7-21/h3-11,18H,12-17H2,1-2H3. The molecule has 0 aliphatic carbocycles.